The summed E-state index contributed by atoms with van der Waals surface area (Å²) in [5.74, 6) is -5.60. The number of rotatable bonds is 7. The number of benzene rings is 3. The Morgan fingerprint density at radius 1 is 0.816 bits per heavy atom. The highest BCUT2D eigenvalue weighted by Crippen LogP contribution is 2.41. The average Bonchev–Trinajstić information content (AvgIpc) is 3.25. The first-order valence-electron chi connectivity index (χ1n) is 11.0. The lowest BCUT2D eigenvalue weighted by molar-refractivity contribution is -0.138. The van der Waals surface area contributed by atoms with E-state index in [0.29, 0.717) is 5.56 Å². The summed E-state index contributed by atoms with van der Waals surface area (Å²) >= 11 is 0. The summed E-state index contributed by atoms with van der Waals surface area (Å²) in [6, 6.07) is 10.1. The highest BCUT2D eigenvalue weighted by molar-refractivity contribution is 6.12. The van der Waals surface area contributed by atoms with E-state index in [2.05, 4.69) is 0 Å². The maximum atomic E-state index is 13.2. The molecule has 0 bridgehead atoms. The van der Waals surface area contributed by atoms with Crippen LogP contribution in [0.5, 0.6) is 28.7 Å². The van der Waals surface area contributed by atoms with Crippen LogP contribution >= 0.6 is 0 Å². The summed E-state index contributed by atoms with van der Waals surface area (Å²) in [5, 5.41) is 58.0. The Morgan fingerprint density at radius 3 is 2.16 bits per heavy atom. The molecule has 194 valence electrons. The third-order valence-electron chi connectivity index (χ3n) is 5.52. The zero-order valence-corrected chi connectivity index (χ0v) is 19.4. The number of carbonyl (C=O) groups excluding carboxylic acids is 2. The van der Waals surface area contributed by atoms with E-state index in [1.165, 1.54) is 42.5 Å². The van der Waals surface area contributed by atoms with Gasteiger partial charge in [0.15, 0.2) is 34.3 Å². The topological polar surface area (TPSA) is 195 Å². The Bertz CT molecular complexity index is 1610. The number of carboxylic acid groups (broad SMARTS) is 1. The zero-order valence-electron chi connectivity index (χ0n) is 19.4. The van der Waals surface area contributed by atoms with E-state index in [-0.39, 0.29) is 57.8 Å². The Hall–Kier alpha value is -5.45. The first-order chi connectivity index (χ1) is 18.0. The Morgan fingerprint density at radius 2 is 1.50 bits per heavy atom. The predicted molar refractivity (Wildman–Crippen MR) is 132 cm³/mol. The third-order valence-corrected chi connectivity index (χ3v) is 5.52. The Kier molecular flexibility index (Phi) is 6.93. The number of aromatic hydroxyl groups is 5. The van der Waals surface area contributed by atoms with Crippen LogP contribution in [0.4, 0.5) is 0 Å². The molecule has 0 aliphatic rings. The van der Waals surface area contributed by atoms with Gasteiger partial charge in [-0.15, -0.1) is 0 Å². The molecule has 4 rings (SSSR count). The fourth-order valence-electron chi connectivity index (χ4n) is 3.71. The molecule has 0 unspecified atom stereocenters. The molecule has 0 aliphatic carbocycles. The van der Waals surface area contributed by atoms with E-state index in [4.69, 9.17) is 14.3 Å². The molecule has 38 heavy (non-hydrogen) atoms. The molecule has 4 aromatic rings. The summed E-state index contributed by atoms with van der Waals surface area (Å²) in [4.78, 5) is 36.6. The maximum absolute atomic E-state index is 13.2. The number of carbonyl (C=O) groups is 3. The van der Waals surface area contributed by atoms with Gasteiger partial charge in [0, 0.05) is 17.0 Å². The van der Waals surface area contributed by atoms with Crippen molar-refractivity contribution in [1.29, 1.82) is 0 Å². The van der Waals surface area contributed by atoms with E-state index >= 15 is 0 Å². The van der Waals surface area contributed by atoms with Crippen LogP contribution in [-0.2, 0) is 20.7 Å². The van der Waals surface area contributed by atoms with Crippen molar-refractivity contribution in [2.24, 2.45) is 0 Å². The molecular formula is C27H20O11. The molecular weight excluding hydrogens is 500 g/mol. The smallest absolute Gasteiger partial charge is 0.350 e. The van der Waals surface area contributed by atoms with Gasteiger partial charge >= 0.3 is 17.9 Å². The number of hydrogen-bond acceptors (Lipinski definition) is 10. The van der Waals surface area contributed by atoms with Crippen LogP contribution in [0.2, 0.25) is 0 Å². The average molecular weight is 520 g/mol. The van der Waals surface area contributed by atoms with Crippen molar-refractivity contribution >= 4 is 35.0 Å². The number of esters is 2. The highest BCUT2D eigenvalue weighted by atomic mass is 16.6. The normalized spacial score (nSPS) is 11.2. The molecule has 0 radical (unpaired) electrons. The molecule has 11 heteroatoms. The number of furan rings is 1. The van der Waals surface area contributed by atoms with Gasteiger partial charge in [0.2, 0.25) is 0 Å². The molecule has 3 aromatic carbocycles. The molecule has 6 N–H and O–H groups in total. The van der Waals surface area contributed by atoms with Gasteiger partial charge in [0.25, 0.3) is 0 Å². The van der Waals surface area contributed by atoms with Gasteiger partial charge in [-0.2, -0.15) is 0 Å². The number of hydrogen-bond donors (Lipinski definition) is 6. The van der Waals surface area contributed by atoms with Gasteiger partial charge in [0.05, 0.1) is 6.42 Å². The number of aryl methyl sites for hydroxylation is 1. The molecule has 1 heterocycles. The van der Waals surface area contributed by atoms with Gasteiger partial charge in [0.1, 0.15) is 11.3 Å². The van der Waals surface area contributed by atoms with Crippen LogP contribution in [-0.4, -0.2) is 48.5 Å². The quantitative estimate of drug-likeness (QED) is 0.0890. The van der Waals surface area contributed by atoms with Crippen molar-refractivity contribution in [3.63, 3.8) is 0 Å². The lowest BCUT2D eigenvalue weighted by Gasteiger charge is -2.06. The van der Waals surface area contributed by atoms with Crippen molar-refractivity contribution in [3.8, 4) is 40.1 Å². The third kappa shape index (κ3) is 5.36. The zero-order chi connectivity index (χ0) is 27.6. The van der Waals surface area contributed by atoms with Crippen LogP contribution in [0.15, 0.2) is 59.0 Å². The number of fused-ring (bicyclic) bond motifs is 1. The molecule has 0 aliphatic heterocycles. The fourth-order valence-corrected chi connectivity index (χ4v) is 3.71. The van der Waals surface area contributed by atoms with Crippen molar-refractivity contribution in [2.75, 3.05) is 0 Å². The van der Waals surface area contributed by atoms with Crippen molar-refractivity contribution in [1.82, 2.24) is 0 Å². The second-order valence-electron chi connectivity index (χ2n) is 8.18. The largest absolute Gasteiger partial charge is 0.504 e. The van der Waals surface area contributed by atoms with E-state index < -0.39 is 35.2 Å². The molecule has 0 amide bonds. The van der Waals surface area contributed by atoms with E-state index in [1.54, 1.807) is 0 Å². The minimum Gasteiger partial charge on any atom is -0.504 e. The number of phenolic OH excluding ortho intramolecular Hbond substituents is 5. The van der Waals surface area contributed by atoms with Crippen LogP contribution in [0.25, 0.3) is 28.4 Å². The SMILES string of the molecule is O=C(O)/C=C/c1cc(O)c2oc(-c3ccc(O)c(O)c3)c(C(=O)OC(=O)CCc3ccc(O)c(O)c3)c2c1. The summed E-state index contributed by atoms with van der Waals surface area (Å²) in [5.41, 5.74) is 0.349. The number of ether oxygens (including phenoxy) is 1. The van der Waals surface area contributed by atoms with Crippen molar-refractivity contribution in [3.05, 3.63) is 71.3 Å². The lowest BCUT2D eigenvalue weighted by Crippen LogP contribution is -2.13. The fraction of sp³-hybridized carbons (Fsp3) is 0.0741. The second-order valence-corrected chi connectivity index (χ2v) is 8.18. The first kappa shape index (κ1) is 25.6. The molecule has 0 atom stereocenters. The lowest BCUT2D eigenvalue weighted by atomic mass is 10.0. The number of phenols is 5. The molecule has 0 spiro atoms. The molecule has 11 nitrogen and oxygen atoms in total. The van der Waals surface area contributed by atoms with Gasteiger partial charge in [-0.3, -0.25) is 4.79 Å². The highest BCUT2D eigenvalue weighted by Gasteiger charge is 2.27. The Labute approximate surface area is 213 Å². The standard InChI is InChI=1S/C27H20O11/c28-17-5-1-13(10-19(17)30)3-8-23(35)37-27(36)24-16-9-14(2-7-22(33)34)11-21(32)26(16)38-25(24)15-4-6-18(29)20(31)12-15/h1-2,4-7,9-12,28-32H,3,8H2,(H,33,34)/b7-2+. The predicted octanol–water partition coefficient (Wildman–Crippen LogP) is 4.04. The van der Waals surface area contributed by atoms with Crippen LogP contribution in [0.3, 0.4) is 0 Å². The molecule has 0 saturated carbocycles. The Balaban J connectivity index is 1.72. The van der Waals surface area contributed by atoms with Crippen molar-refractivity contribution < 1.29 is 54.2 Å². The molecule has 1 aromatic heterocycles. The van der Waals surface area contributed by atoms with E-state index in [0.717, 1.165) is 18.2 Å². The van der Waals surface area contributed by atoms with Crippen LogP contribution in [0, 0.1) is 0 Å². The second kappa shape index (κ2) is 10.3. The summed E-state index contributed by atoms with van der Waals surface area (Å²) in [6.07, 6.45) is 1.81. The van der Waals surface area contributed by atoms with Crippen LogP contribution < -0.4 is 0 Å². The van der Waals surface area contributed by atoms with Gasteiger partial charge < -0.3 is 39.8 Å². The van der Waals surface area contributed by atoms with E-state index in [9.17, 15) is 39.9 Å². The van der Waals surface area contributed by atoms with Crippen LogP contribution in [0.1, 0.15) is 27.9 Å². The monoisotopic (exact) mass is 520 g/mol. The molecule has 0 saturated heterocycles. The summed E-state index contributed by atoms with van der Waals surface area (Å²) in [7, 11) is 0. The van der Waals surface area contributed by atoms with Gasteiger partial charge in [-0.25, -0.2) is 9.59 Å². The first-order valence-corrected chi connectivity index (χ1v) is 11.0. The minimum atomic E-state index is -1.25. The van der Waals surface area contributed by atoms with Crippen molar-refractivity contribution in [2.45, 2.75) is 12.8 Å². The summed E-state index contributed by atoms with van der Waals surface area (Å²) < 4.78 is 10.7. The summed E-state index contributed by atoms with van der Waals surface area (Å²) in [6.45, 7) is 0. The van der Waals surface area contributed by atoms with Gasteiger partial charge in [-0.1, -0.05) is 6.07 Å². The number of aliphatic carboxylic acids is 1. The van der Waals surface area contributed by atoms with Gasteiger partial charge in [-0.05, 0) is 66.1 Å². The maximum Gasteiger partial charge on any atom is 0.350 e. The van der Waals surface area contributed by atoms with E-state index in [1.807, 2.05) is 0 Å². The molecule has 0 fully saturated rings. The number of carboxylic acids is 1. The minimum absolute atomic E-state index is 0.00106.